The molecule has 27 heavy (non-hydrogen) atoms. The van der Waals surface area contributed by atoms with Crippen LogP contribution < -0.4 is 4.74 Å². The molecule has 1 aromatic carbocycles. The Labute approximate surface area is 160 Å². The van der Waals surface area contributed by atoms with Crippen LogP contribution in [0.5, 0.6) is 5.88 Å². The molecule has 0 unspecified atom stereocenters. The fourth-order valence-electron chi connectivity index (χ4n) is 2.61. The average Bonchev–Trinajstić information content (AvgIpc) is 2.64. The Kier molecular flexibility index (Phi) is 7.07. The number of alkyl halides is 3. The van der Waals surface area contributed by atoms with Gasteiger partial charge in [0.2, 0.25) is 5.88 Å². The summed E-state index contributed by atoms with van der Waals surface area (Å²) in [5.41, 5.74) is 1.30. The topological polar surface area (TPSA) is 42.4 Å². The van der Waals surface area contributed by atoms with Crippen molar-refractivity contribution in [3.05, 3.63) is 58.7 Å². The van der Waals surface area contributed by atoms with Crippen LogP contribution in [-0.4, -0.2) is 41.7 Å². The highest BCUT2D eigenvalue weighted by atomic mass is 35.5. The average molecular weight is 401 g/mol. The van der Waals surface area contributed by atoms with Crippen LogP contribution in [0.1, 0.15) is 29.3 Å². The van der Waals surface area contributed by atoms with Gasteiger partial charge >= 0.3 is 6.18 Å². The number of pyridine rings is 1. The molecule has 146 valence electrons. The molecule has 0 saturated carbocycles. The fourth-order valence-corrected chi connectivity index (χ4v) is 2.83. The van der Waals surface area contributed by atoms with E-state index in [2.05, 4.69) is 9.72 Å². The second kappa shape index (κ2) is 9.08. The van der Waals surface area contributed by atoms with Crippen LogP contribution in [-0.2, 0) is 6.42 Å². The summed E-state index contributed by atoms with van der Waals surface area (Å²) in [6.45, 7) is 0.485. The van der Waals surface area contributed by atoms with Crippen LogP contribution in [0.15, 0.2) is 42.6 Å². The maximum atomic E-state index is 12.7. The zero-order valence-corrected chi connectivity index (χ0v) is 15.7. The first-order valence-electron chi connectivity index (χ1n) is 8.37. The van der Waals surface area contributed by atoms with Crippen molar-refractivity contribution >= 4 is 17.5 Å². The van der Waals surface area contributed by atoms with Crippen LogP contribution in [0.4, 0.5) is 13.2 Å². The number of benzene rings is 1. The Balaban J connectivity index is 2.09. The first-order valence-corrected chi connectivity index (χ1v) is 8.75. The van der Waals surface area contributed by atoms with E-state index in [0.717, 1.165) is 12.0 Å². The predicted molar refractivity (Wildman–Crippen MR) is 97.1 cm³/mol. The third kappa shape index (κ3) is 6.13. The minimum absolute atomic E-state index is 0.0418. The van der Waals surface area contributed by atoms with E-state index >= 15 is 0 Å². The Hall–Kier alpha value is -2.28. The first kappa shape index (κ1) is 21.0. The summed E-state index contributed by atoms with van der Waals surface area (Å²) >= 11 is 5.92. The Bertz CT molecular complexity index is 769. The van der Waals surface area contributed by atoms with Gasteiger partial charge in [-0.25, -0.2) is 4.98 Å². The van der Waals surface area contributed by atoms with Gasteiger partial charge in [-0.3, -0.25) is 4.79 Å². The van der Waals surface area contributed by atoms with Gasteiger partial charge < -0.3 is 9.64 Å². The lowest BCUT2D eigenvalue weighted by Gasteiger charge is -2.27. The minimum atomic E-state index is -4.49. The minimum Gasteiger partial charge on any atom is -0.467 e. The molecule has 1 amide bonds. The van der Waals surface area contributed by atoms with Gasteiger partial charge in [-0.2, -0.15) is 13.2 Å². The van der Waals surface area contributed by atoms with Crippen molar-refractivity contribution in [2.24, 2.45) is 0 Å². The van der Waals surface area contributed by atoms with Crippen molar-refractivity contribution in [3.8, 4) is 5.88 Å². The number of nitrogens with zero attached hydrogens (tertiary/aromatic N) is 2. The van der Waals surface area contributed by atoms with Crippen molar-refractivity contribution in [1.82, 2.24) is 9.88 Å². The van der Waals surface area contributed by atoms with E-state index in [1.165, 1.54) is 12.3 Å². The van der Waals surface area contributed by atoms with Gasteiger partial charge in [0.15, 0.2) is 6.61 Å². The van der Waals surface area contributed by atoms with Gasteiger partial charge in [0.05, 0.1) is 5.56 Å². The third-order valence-electron chi connectivity index (χ3n) is 4.08. The Morgan fingerprint density at radius 2 is 1.96 bits per heavy atom. The number of rotatable bonds is 7. The molecule has 0 aliphatic rings. The number of carbonyl (C=O) groups is 1. The van der Waals surface area contributed by atoms with Crippen LogP contribution in [0.3, 0.4) is 0 Å². The second-order valence-corrected chi connectivity index (χ2v) is 6.49. The SMILES string of the molecule is CC[C@H](Cc1ccccc1)N(C)C(=O)c1cnc(OCC(F)(F)F)c(Cl)c1. The van der Waals surface area contributed by atoms with Crippen molar-refractivity contribution in [2.75, 3.05) is 13.7 Å². The van der Waals surface area contributed by atoms with Crippen LogP contribution >= 0.6 is 11.6 Å². The largest absolute Gasteiger partial charge is 0.467 e. The summed E-state index contributed by atoms with van der Waals surface area (Å²) in [6, 6.07) is 11.0. The van der Waals surface area contributed by atoms with Crippen LogP contribution in [0, 0.1) is 0 Å². The third-order valence-corrected chi connectivity index (χ3v) is 4.35. The number of likely N-dealkylation sites (N-methyl/N-ethyl adjacent to an activating group) is 1. The number of ether oxygens (including phenoxy) is 1. The molecule has 0 fully saturated rings. The molecule has 1 aromatic heterocycles. The van der Waals surface area contributed by atoms with Crippen LogP contribution in [0.25, 0.3) is 0 Å². The van der Waals surface area contributed by atoms with E-state index < -0.39 is 12.8 Å². The van der Waals surface area contributed by atoms with Gasteiger partial charge in [-0.1, -0.05) is 48.9 Å². The van der Waals surface area contributed by atoms with Crippen LogP contribution in [0.2, 0.25) is 5.02 Å². The molecule has 1 heterocycles. The summed E-state index contributed by atoms with van der Waals surface area (Å²) in [5.74, 6) is -0.668. The predicted octanol–water partition coefficient (Wildman–Crippen LogP) is 4.77. The van der Waals surface area contributed by atoms with E-state index in [4.69, 9.17) is 11.6 Å². The Morgan fingerprint density at radius 3 is 2.52 bits per heavy atom. The normalized spacial score (nSPS) is 12.5. The van der Waals surface area contributed by atoms with Gasteiger partial charge in [0.25, 0.3) is 5.91 Å². The van der Waals surface area contributed by atoms with Crippen molar-refractivity contribution < 1.29 is 22.7 Å². The maximum Gasteiger partial charge on any atom is 0.422 e. The second-order valence-electron chi connectivity index (χ2n) is 6.08. The fraction of sp³-hybridized carbons (Fsp3) is 0.368. The Morgan fingerprint density at radius 1 is 1.30 bits per heavy atom. The summed E-state index contributed by atoms with van der Waals surface area (Å²) < 4.78 is 41.3. The molecule has 1 atom stereocenters. The molecule has 0 bridgehead atoms. The van der Waals surface area contributed by atoms with Crippen molar-refractivity contribution in [3.63, 3.8) is 0 Å². The van der Waals surface area contributed by atoms with E-state index in [1.54, 1.807) is 11.9 Å². The lowest BCUT2D eigenvalue weighted by Crippen LogP contribution is -2.38. The molecule has 2 aromatic rings. The standard InChI is InChI=1S/C19H20ClF3N2O2/c1-3-15(9-13-7-5-4-6-8-13)25(2)18(26)14-10-16(20)17(24-11-14)27-12-19(21,22)23/h4-8,10-11,15H,3,9,12H2,1-2H3/t15-/m1/s1. The van der Waals surface area contributed by atoms with Crippen molar-refractivity contribution in [2.45, 2.75) is 32.0 Å². The lowest BCUT2D eigenvalue weighted by molar-refractivity contribution is -0.154. The molecule has 0 N–H and O–H groups in total. The number of carbonyl (C=O) groups excluding carboxylic acids is 1. The first-order chi connectivity index (χ1) is 12.7. The molecule has 0 spiro atoms. The molecule has 4 nitrogen and oxygen atoms in total. The number of halogens is 4. The summed E-state index contributed by atoms with van der Waals surface area (Å²) in [4.78, 5) is 18.1. The number of hydrogen-bond donors (Lipinski definition) is 0. The zero-order chi connectivity index (χ0) is 20.0. The van der Waals surface area contributed by atoms with E-state index in [9.17, 15) is 18.0 Å². The van der Waals surface area contributed by atoms with Gasteiger partial charge in [-0.15, -0.1) is 0 Å². The summed E-state index contributed by atoms with van der Waals surface area (Å²) in [5, 5.41) is -0.144. The van der Waals surface area contributed by atoms with E-state index in [-0.39, 0.29) is 28.4 Å². The number of aromatic nitrogens is 1. The molecule has 0 radical (unpaired) electrons. The van der Waals surface area contributed by atoms with E-state index in [0.29, 0.717) is 6.42 Å². The summed E-state index contributed by atoms with van der Waals surface area (Å²) in [6.07, 6.45) is -1.89. The summed E-state index contributed by atoms with van der Waals surface area (Å²) in [7, 11) is 1.68. The molecule has 0 aliphatic heterocycles. The van der Waals surface area contributed by atoms with Gasteiger partial charge in [-0.05, 0) is 24.5 Å². The highest BCUT2D eigenvalue weighted by Crippen LogP contribution is 2.26. The molecular formula is C19H20ClF3N2O2. The monoisotopic (exact) mass is 400 g/mol. The van der Waals surface area contributed by atoms with Gasteiger partial charge in [0, 0.05) is 19.3 Å². The molecule has 0 aliphatic carbocycles. The molecular weight excluding hydrogens is 381 g/mol. The van der Waals surface area contributed by atoms with Gasteiger partial charge in [0.1, 0.15) is 5.02 Å². The smallest absolute Gasteiger partial charge is 0.422 e. The highest BCUT2D eigenvalue weighted by molar-refractivity contribution is 6.32. The van der Waals surface area contributed by atoms with Crippen molar-refractivity contribution in [1.29, 1.82) is 0 Å². The molecule has 2 rings (SSSR count). The number of hydrogen-bond acceptors (Lipinski definition) is 3. The zero-order valence-electron chi connectivity index (χ0n) is 15.0. The molecule has 0 saturated heterocycles. The highest BCUT2D eigenvalue weighted by Gasteiger charge is 2.29. The quantitative estimate of drug-likeness (QED) is 0.672. The lowest BCUT2D eigenvalue weighted by atomic mass is 10.0. The number of amides is 1. The van der Waals surface area contributed by atoms with E-state index in [1.807, 2.05) is 37.3 Å². The maximum absolute atomic E-state index is 12.7. The molecule has 8 heteroatoms.